The van der Waals surface area contributed by atoms with E-state index in [4.69, 9.17) is 21.1 Å². The van der Waals surface area contributed by atoms with Crippen LogP contribution in [0.2, 0.25) is 5.02 Å². The number of nitrogens with zero attached hydrogens (tertiary/aromatic N) is 1. The molecule has 0 aromatic heterocycles. The molecule has 0 saturated carbocycles. The number of hydrogen-bond acceptors (Lipinski definition) is 4. The number of fused-ring (bicyclic) bond motifs is 1. The van der Waals surface area contributed by atoms with Crippen LogP contribution in [0.15, 0.2) is 66.7 Å². The molecule has 4 nitrogen and oxygen atoms in total. The lowest BCUT2D eigenvalue weighted by molar-refractivity contribution is 0.0654. The Morgan fingerprint density at radius 3 is 2.39 bits per heavy atom. The first kappa shape index (κ1) is 26.6. The molecule has 0 spiro atoms. The first-order valence-electron chi connectivity index (χ1n) is 12.4. The van der Waals surface area contributed by atoms with E-state index < -0.39 is 11.6 Å². The van der Waals surface area contributed by atoms with Gasteiger partial charge in [0.25, 0.3) is 0 Å². The Kier molecular flexibility index (Phi) is 9.70. The first-order valence-corrected chi connectivity index (χ1v) is 12.8. The van der Waals surface area contributed by atoms with Crippen LogP contribution in [-0.4, -0.2) is 49.0 Å². The fraction of sp³-hybridized carbons (Fsp3) is 0.379. The van der Waals surface area contributed by atoms with Crippen molar-refractivity contribution in [3.8, 4) is 5.75 Å². The van der Waals surface area contributed by atoms with Crippen molar-refractivity contribution in [1.82, 2.24) is 4.90 Å². The van der Waals surface area contributed by atoms with Crippen molar-refractivity contribution in [3.05, 3.63) is 100 Å². The Bertz CT molecular complexity index is 1100. The second kappa shape index (κ2) is 13.2. The molecule has 1 aliphatic rings. The maximum absolute atomic E-state index is 15.1. The normalized spacial score (nSPS) is 17.1. The van der Waals surface area contributed by atoms with E-state index >= 15 is 4.39 Å². The molecule has 3 aromatic rings. The summed E-state index contributed by atoms with van der Waals surface area (Å²) in [5, 5.41) is 10.1. The van der Waals surface area contributed by atoms with E-state index in [-0.39, 0.29) is 36.5 Å². The van der Waals surface area contributed by atoms with Gasteiger partial charge in [-0.15, -0.1) is 0 Å². The van der Waals surface area contributed by atoms with E-state index in [1.165, 1.54) is 6.07 Å². The zero-order valence-corrected chi connectivity index (χ0v) is 21.0. The van der Waals surface area contributed by atoms with Gasteiger partial charge in [-0.1, -0.05) is 54.1 Å². The molecule has 4 rings (SSSR count). The minimum absolute atomic E-state index is 0.00137. The van der Waals surface area contributed by atoms with E-state index in [0.717, 1.165) is 23.6 Å². The van der Waals surface area contributed by atoms with Gasteiger partial charge < -0.3 is 14.6 Å². The largest absolute Gasteiger partial charge is 0.488 e. The van der Waals surface area contributed by atoms with E-state index in [0.29, 0.717) is 44.2 Å². The Morgan fingerprint density at radius 1 is 0.917 bits per heavy atom. The minimum atomic E-state index is -0.554. The summed E-state index contributed by atoms with van der Waals surface area (Å²) >= 11 is 6.07. The predicted octanol–water partition coefficient (Wildman–Crippen LogP) is 6.00. The van der Waals surface area contributed by atoms with Crippen LogP contribution in [0.25, 0.3) is 0 Å². The zero-order chi connectivity index (χ0) is 25.3. The van der Waals surface area contributed by atoms with Gasteiger partial charge in [-0.2, -0.15) is 0 Å². The lowest BCUT2D eigenvalue weighted by atomic mass is 9.82. The topological polar surface area (TPSA) is 41.9 Å². The Morgan fingerprint density at radius 2 is 1.64 bits per heavy atom. The second-order valence-electron chi connectivity index (χ2n) is 9.09. The third-order valence-corrected chi connectivity index (χ3v) is 6.87. The Labute approximate surface area is 216 Å². The molecule has 0 radical (unpaired) electrons. The highest BCUT2D eigenvalue weighted by Crippen LogP contribution is 2.41. The molecule has 0 fully saturated rings. The zero-order valence-electron chi connectivity index (χ0n) is 20.2. The van der Waals surface area contributed by atoms with E-state index in [2.05, 4.69) is 4.90 Å². The van der Waals surface area contributed by atoms with Gasteiger partial charge in [-0.05, 0) is 54.7 Å². The lowest BCUT2D eigenvalue weighted by Gasteiger charge is -2.41. The quantitative estimate of drug-likeness (QED) is 0.301. The van der Waals surface area contributed by atoms with Crippen LogP contribution in [0, 0.1) is 11.6 Å². The van der Waals surface area contributed by atoms with Crippen molar-refractivity contribution in [2.45, 2.75) is 37.8 Å². The van der Waals surface area contributed by atoms with Gasteiger partial charge >= 0.3 is 0 Å². The lowest BCUT2D eigenvalue weighted by Crippen LogP contribution is -2.48. The molecule has 0 amide bonds. The van der Waals surface area contributed by atoms with E-state index in [1.54, 1.807) is 0 Å². The summed E-state index contributed by atoms with van der Waals surface area (Å²) < 4.78 is 41.4. The number of aliphatic hydroxyl groups excluding tert-OH is 1. The molecule has 36 heavy (non-hydrogen) atoms. The number of aliphatic hydroxyl groups is 1. The van der Waals surface area contributed by atoms with Crippen LogP contribution in [0.4, 0.5) is 8.78 Å². The first-order chi connectivity index (χ1) is 17.6. The van der Waals surface area contributed by atoms with Crippen molar-refractivity contribution >= 4 is 11.6 Å². The fourth-order valence-electron chi connectivity index (χ4n) is 4.84. The summed E-state index contributed by atoms with van der Waals surface area (Å²) in [6, 6.07) is 19.5. The van der Waals surface area contributed by atoms with Gasteiger partial charge in [-0.3, -0.25) is 4.90 Å². The molecule has 192 valence electrons. The highest BCUT2D eigenvalue weighted by molar-refractivity contribution is 6.30. The van der Waals surface area contributed by atoms with Crippen LogP contribution in [0.3, 0.4) is 0 Å². The summed E-state index contributed by atoms with van der Waals surface area (Å²) in [5.74, 6) is -1.35. The minimum Gasteiger partial charge on any atom is -0.488 e. The smallest absolute Gasteiger partial charge is 0.165 e. The Hall–Kier alpha value is -2.51. The van der Waals surface area contributed by atoms with Crippen LogP contribution in [-0.2, 0) is 17.8 Å². The summed E-state index contributed by atoms with van der Waals surface area (Å²) in [5.41, 5.74) is 2.38. The predicted molar refractivity (Wildman–Crippen MR) is 138 cm³/mol. The molecule has 0 bridgehead atoms. The van der Waals surface area contributed by atoms with Crippen molar-refractivity contribution in [2.24, 2.45) is 0 Å². The van der Waals surface area contributed by atoms with Crippen LogP contribution < -0.4 is 4.74 Å². The second-order valence-corrected chi connectivity index (χ2v) is 9.53. The molecular formula is C29H32ClF2NO3. The molecule has 0 aliphatic carbocycles. The number of benzene rings is 3. The van der Waals surface area contributed by atoms with Gasteiger partial charge in [0.05, 0.1) is 12.6 Å². The van der Waals surface area contributed by atoms with Crippen molar-refractivity contribution in [1.29, 1.82) is 0 Å². The molecule has 0 unspecified atom stereocenters. The van der Waals surface area contributed by atoms with Gasteiger partial charge in [0.2, 0.25) is 0 Å². The van der Waals surface area contributed by atoms with Crippen molar-refractivity contribution in [3.63, 3.8) is 0 Å². The third kappa shape index (κ3) is 6.83. The standard InChI is InChI=1S/C29H32ClF2NO3/c30-23-10-8-21(9-11-23)18-24-27(20-36-29-26(32)13-12-25(31)28(24)29)33(14-4-16-34)15-5-17-35-19-22-6-2-1-3-7-22/h1-3,6-13,24,27,34H,4-5,14-20H2/t24-,27+/m0/s1. The average molecular weight is 516 g/mol. The van der Waals surface area contributed by atoms with Crippen molar-refractivity contribution < 1.29 is 23.4 Å². The number of ether oxygens (including phenoxy) is 2. The Balaban J connectivity index is 1.51. The van der Waals surface area contributed by atoms with Crippen molar-refractivity contribution in [2.75, 3.05) is 32.9 Å². The molecule has 0 saturated heterocycles. The summed E-state index contributed by atoms with van der Waals surface area (Å²) in [6.45, 7) is 2.71. The molecule has 1 heterocycles. The van der Waals surface area contributed by atoms with Gasteiger partial charge in [0.1, 0.15) is 12.4 Å². The monoisotopic (exact) mass is 515 g/mol. The fourth-order valence-corrected chi connectivity index (χ4v) is 4.97. The molecule has 2 atom stereocenters. The molecular weight excluding hydrogens is 484 g/mol. The molecule has 7 heteroatoms. The van der Waals surface area contributed by atoms with Crippen LogP contribution in [0.5, 0.6) is 5.75 Å². The molecule has 1 N–H and O–H groups in total. The van der Waals surface area contributed by atoms with E-state index in [1.807, 2.05) is 54.6 Å². The van der Waals surface area contributed by atoms with Crippen LogP contribution in [0.1, 0.15) is 35.4 Å². The average Bonchev–Trinajstić information content (AvgIpc) is 2.90. The number of rotatable bonds is 12. The van der Waals surface area contributed by atoms with Crippen LogP contribution >= 0.6 is 11.6 Å². The summed E-state index contributed by atoms with van der Waals surface area (Å²) in [7, 11) is 0. The maximum atomic E-state index is 15.1. The highest BCUT2D eigenvalue weighted by Gasteiger charge is 2.38. The number of halogens is 3. The third-order valence-electron chi connectivity index (χ3n) is 6.62. The number of hydrogen-bond donors (Lipinski definition) is 1. The SMILES string of the molecule is OCCCN(CCCOCc1ccccc1)[C@@H]1COc2c(F)ccc(F)c2[C@H]1Cc1ccc(Cl)cc1. The van der Waals surface area contributed by atoms with E-state index in [9.17, 15) is 9.50 Å². The maximum Gasteiger partial charge on any atom is 0.165 e. The van der Waals surface area contributed by atoms with Gasteiger partial charge in [0.15, 0.2) is 11.6 Å². The molecule has 1 aliphatic heterocycles. The molecule has 3 aromatic carbocycles. The summed E-state index contributed by atoms with van der Waals surface area (Å²) in [4.78, 5) is 2.22. The van der Waals surface area contributed by atoms with Gasteiger partial charge in [0, 0.05) is 42.8 Å². The van der Waals surface area contributed by atoms with Gasteiger partial charge in [-0.25, -0.2) is 8.78 Å². The highest BCUT2D eigenvalue weighted by atomic mass is 35.5. The summed E-state index contributed by atoms with van der Waals surface area (Å²) in [6.07, 6.45) is 1.85.